The van der Waals surface area contributed by atoms with Gasteiger partial charge in [0.25, 0.3) is 0 Å². The molecule has 0 atom stereocenters. The Bertz CT molecular complexity index is 187. The lowest BCUT2D eigenvalue weighted by Crippen LogP contribution is -1.95. The molecule has 0 aromatic heterocycles. The first-order valence-corrected chi connectivity index (χ1v) is 4.62. The van der Waals surface area contributed by atoms with E-state index in [0.717, 1.165) is 6.42 Å². The number of Topliss-reactive ketones (excluding diaryl/α,β-unsaturated/α-hetero) is 1. The molecule has 0 saturated heterocycles. The van der Waals surface area contributed by atoms with Crippen LogP contribution in [0.4, 0.5) is 0 Å². The maximum absolute atomic E-state index is 10.3. The van der Waals surface area contributed by atoms with Crippen LogP contribution in [-0.2, 0) is 4.79 Å². The lowest BCUT2D eigenvalue weighted by molar-refractivity contribution is -0.117. The van der Waals surface area contributed by atoms with Gasteiger partial charge in [0, 0.05) is 6.42 Å². The monoisotopic (exact) mass is 178 g/mol. The van der Waals surface area contributed by atoms with Crippen molar-refractivity contribution in [2.75, 3.05) is 0 Å². The van der Waals surface area contributed by atoms with Gasteiger partial charge in [-0.25, -0.2) is 0 Å². The van der Waals surface area contributed by atoms with Crippen LogP contribution < -0.4 is 0 Å². The van der Waals surface area contributed by atoms with Crippen LogP contribution in [0.25, 0.3) is 0 Å². The molecule has 0 bridgehead atoms. The highest BCUT2D eigenvalue weighted by Gasteiger charge is 1.95. The molecule has 1 nitrogen and oxygen atoms in total. The second kappa shape index (κ2) is 7.53. The molecule has 0 fully saturated rings. The van der Waals surface area contributed by atoms with Gasteiger partial charge in [0.05, 0.1) is 0 Å². The highest BCUT2D eigenvalue weighted by atomic mass is 16.1. The molecule has 0 aliphatic heterocycles. The van der Waals surface area contributed by atoms with Crippen molar-refractivity contribution in [1.82, 2.24) is 0 Å². The first-order valence-electron chi connectivity index (χ1n) is 4.62. The fourth-order valence-corrected chi connectivity index (χ4v) is 0.960. The van der Waals surface area contributed by atoms with Gasteiger partial charge in [-0.1, -0.05) is 50.2 Å². The van der Waals surface area contributed by atoms with Crippen molar-refractivity contribution >= 4 is 5.78 Å². The summed E-state index contributed by atoms with van der Waals surface area (Å²) in [5, 5.41) is 0. The Hall–Kier alpha value is -1.11. The van der Waals surface area contributed by atoms with Crippen molar-refractivity contribution < 1.29 is 4.79 Å². The summed E-state index contributed by atoms with van der Waals surface area (Å²) in [7, 11) is 0. The molecule has 0 saturated carbocycles. The van der Waals surface area contributed by atoms with E-state index < -0.39 is 0 Å². The predicted molar refractivity (Wildman–Crippen MR) is 56.6 cm³/mol. The van der Waals surface area contributed by atoms with Crippen LogP contribution in [0.15, 0.2) is 36.4 Å². The van der Waals surface area contributed by atoms with Crippen LogP contribution in [0, 0.1) is 5.92 Å². The Kier molecular flexibility index (Phi) is 6.89. The number of rotatable bonds is 2. The van der Waals surface area contributed by atoms with Gasteiger partial charge in [0.15, 0.2) is 0 Å². The Labute approximate surface area is 80.8 Å². The zero-order chi connectivity index (χ0) is 10.1. The lowest BCUT2D eigenvalue weighted by Gasteiger charge is -1.95. The molecule has 0 radical (unpaired) electrons. The molecule has 1 heteroatoms. The summed E-state index contributed by atoms with van der Waals surface area (Å²) >= 11 is 0. The maximum Gasteiger partial charge on any atom is 0.130 e. The number of hydrogen-bond acceptors (Lipinski definition) is 1. The molecule has 13 heavy (non-hydrogen) atoms. The maximum atomic E-state index is 10.3. The summed E-state index contributed by atoms with van der Waals surface area (Å²) in [4.78, 5) is 10.3. The number of hydrogen-bond donors (Lipinski definition) is 0. The quantitative estimate of drug-likeness (QED) is 0.679. The molecule has 72 valence electrons. The molecule has 0 aliphatic rings. The highest BCUT2D eigenvalue weighted by molar-refractivity contribution is 5.75. The normalized spacial score (nSPS) is 8.92. The van der Waals surface area contributed by atoms with Gasteiger partial charge in [-0.15, -0.1) is 0 Å². The van der Waals surface area contributed by atoms with Crippen molar-refractivity contribution in [3.8, 4) is 0 Å². The van der Waals surface area contributed by atoms with Crippen molar-refractivity contribution in [3.63, 3.8) is 0 Å². The summed E-state index contributed by atoms with van der Waals surface area (Å²) in [6.07, 6.45) is 0.722. The third-order valence-electron chi connectivity index (χ3n) is 1.36. The summed E-state index contributed by atoms with van der Waals surface area (Å²) < 4.78 is 0. The predicted octanol–water partition coefficient (Wildman–Crippen LogP) is 3.31. The van der Waals surface area contributed by atoms with E-state index in [1.165, 1.54) is 0 Å². The van der Waals surface area contributed by atoms with E-state index in [2.05, 4.69) is 0 Å². The van der Waals surface area contributed by atoms with E-state index in [0.29, 0.717) is 5.92 Å². The molecule has 0 heterocycles. The number of benzene rings is 1. The van der Waals surface area contributed by atoms with Crippen LogP contribution in [0.2, 0.25) is 0 Å². The van der Waals surface area contributed by atoms with Crippen LogP contribution in [0.3, 0.4) is 0 Å². The zero-order valence-corrected chi connectivity index (χ0v) is 8.66. The molecule has 1 aromatic rings. The minimum atomic E-state index is 0.287. The summed E-state index contributed by atoms with van der Waals surface area (Å²) in [5.41, 5.74) is 0. The third-order valence-corrected chi connectivity index (χ3v) is 1.36. The van der Waals surface area contributed by atoms with Crippen molar-refractivity contribution in [1.29, 1.82) is 0 Å². The molecule has 0 unspecified atom stereocenters. The van der Waals surface area contributed by atoms with Gasteiger partial charge in [-0.05, 0) is 12.8 Å². The largest absolute Gasteiger partial charge is 0.300 e. The van der Waals surface area contributed by atoms with Crippen LogP contribution in [0.1, 0.15) is 27.2 Å². The van der Waals surface area contributed by atoms with E-state index in [9.17, 15) is 4.79 Å². The summed E-state index contributed by atoms with van der Waals surface area (Å²) in [5.74, 6) is 0.813. The second-order valence-electron chi connectivity index (χ2n) is 3.45. The minimum absolute atomic E-state index is 0.287. The van der Waals surface area contributed by atoms with Crippen molar-refractivity contribution in [3.05, 3.63) is 36.4 Å². The van der Waals surface area contributed by atoms with Crippen LogP contribution in [-0.4, -0.2) is 5.78 Å². The van der Waals surface area contributed by atoms with E-state index in [1.54, 1.807) is 6.92 Å². The Morgan fingerprint density at radius 2 is 1.31 bits per heavy atom. The minimum Gasteiger partial charge on any atom is -0.300 e. The zero-order valence-electron chi connectivity index (χ0n) is 8.66. The Morgan fingerprint density at radius 3 is 1.38 bits per heavy atom. The van der Waals surface area contributed by atoms with Gasteiger partial charge in [-0.2, -0.15) is 0 Å². The van der Waals surface area contributed by atoms with E-state index in [-0.39, 0.29) is 5.78 Å². The average molecular weight is 178 g/mol. The number of ketones is 1. The molecular weight excluding hydrogens is 160 g/mol. The third kappa shape index (κ3) is 10.9. The summed E-state index contributed by atoms with van der Waals surface area (Å²) in [6, 6.07) is 12.0. The molecule has 0 amide bonds. The average Bonchev–Trinajstić information content (AvgIpc) is 2.06. The van der Waals surface area contributed by atoms with Crippen LogP contribution in [0.5, 0.6) is 0 Å². The topological polar surface area (TPSA) is 17.1 Å². The molecule has 0 N–H and O–H groups in total. The standard InChI is InChI=1S/C6H12O.C6H6/c1-5(2)4-6(3)7;1-2-4-6-5-3-1/h5H,4H2,1-3H3;1-6H. The van der Waals surface area contributed by atoms with Gasteiger partial charge < -0.3 is 4.79 Å². The molecule has 0 aliphatic carbocycles. The highest BCUT2D eigenvalue weighted by Crippen LogP contribution is 1.97. The van der Waals surface area contributed by atoms with E-state index in [4.69, 9.17) is 0 Å². The number of carbonyl (C=O) groups is 1. The smallest absolute Gasteiger partial charge is 0.130 e. The van der Waals surface area contributed by atoms with Gasteiger partial charge in [0.1, 0.15) is 5.78 Å². The second-order valence-corrected chi connectivity index (χ2v) is 3.45. The number of carbonyl (C=O) groups excluding carboxylic acids is 1. The Balaban J connectivity index is 0.000000223. The first-order chi connectivity index (χ1) is 6.13. The van der Waals surface area contributed by atoms with E-state index in [1.807, 2.05) is 50.2 Å². The molecular formula is C12H18O. The van der Waals surface area contributed by atoms with E-state index >= 15 is 0 Å². The molecule has 1 aromatic carbocycles. The van der Waals surface area contributed by atoms with Gasteiger partial charge in [0.2, 0.25) is 0 Å². The lowest BCUT2D eigenvalue weighted by atomic mass is 10.1. The fourth-order valence-electron chi connectivity index (χ4n) is 0.960. The van der Waals surface area contributed by atoms with Gasteiger partial charge in [-0.3, -0.25) is 0 Å². The van der Waals surface area contributed by atoms with Gasteiger partial charge >= 0.3 is 0 Å². The SMILES string of the molecule is CC(=O)CC(C)C.c1ccccc1. The van der Waals surface area contributed by atoms with Crippen LogP contribution >= 0.6 is 0 Å². The first kappa shape index (κ1) is 11.9. The summed E-state index contributed by atoms with van der Waals surface area (Å²) in [6.45, 7) is 5.71. The Morgan fingerprint density at radius 1 is 1.00 bits per heavy atom. The van der Waals surface area contributed by atoms with Crippen molar-refractivity contribution in [2.45, 2.75) is 27.2 Å². The molecule has 1 rings (SSSR count). The van der Waals surface area contributed by atoms with Crippen molar-refractivity contribution in [2.24, 2.45) is 5.92 Å². The molecule has 0 spiro atoms. The fraction of sp³-hybridized carbons (Fsp3) is 0.417.